The van der Waals surface area contributed by atoms with Crippen LogP contribution in [0.2, 0.25) is 0 Å². The summed E-state index contributed by atoms with van der Waals surface area (Å²) in [6, 6.07) is 8.16. The first-order valence-corrected chi connectivity index (χ1v) is 7.90. The molecular weight excluding hydrogens is 324 g/mol. The fraction of sp³-hybridized carbons (Fsp3) is 0.278. The highest BCUT2D eigenvalue weighted by atomic mass is 16.4. The molecule has 7 nitrogen and oxygen atoms in total. The van der Waals surface area contributed by atoms with Gasteiger partial charge in [0.1, 0.15) is 6.26 Å². The van der Waals surface area contributed by atoms with Gasteiger partial charge in [0.05, 0.1) is 5.56 Å². The number of rotatable bonds is 7. The van der Waals surface area contributed by atoms with Crippen molar-refractivity contribution < 1.29 is 23.9 Å². The molecule has 0 aliphatic rings. The van der Waals surface area contributed by atoms with Crippen molar-refractivity contribution in [2.24, 2.45) is 0 Å². The van der Waals surface area contributed by atoms with Crippen LogP contribution in [0.25, 0.3) is 0 Å². The predicted molar refractivity (Wildman–Crippen MR) is 90.5 cm³/mol. The third-order valence-electron chi connectivity index (χ3n) is 3.70. The van der Waals surface area contributed by atoms with E-state index in [4.69, 9.17) is 9.52 Å². The number of hydrogen-bond acceptors (Lipinski definition) is 4. The van der Waals surface area contributed by atoms with E-state index in [-0.39, 0.29) is 29.8 Å². The number of amides is 2. The maximum absolute atomic E-state index is 12.1. The molecule has 2 aromatic rings. The minimum absolute atomic E-state index is 0.0805. The number of furan rings is 1. The largest absolute Gasteiger partial charge is 0.478 e. The van der Waals surface area contributed by atoms with Crippen molar-refractivity contribution in [1.82, 2.24) is 10.6 Å². The lowest BCUT2D eigenvalue weighted by atomic mass is 10.1. The number of carboxylic acid groups (broad SMARTS) is 1. The van der Waals surface area contributed by atoms with Crippen molar-refractivity contribution in [2.75, 3.05) is 0 Å². The summed E-state index contributed by atoms with van der Waals surface area (Å²) in [5, 5.41) is 14.3. The maximum Gasteiger partial charge on any atom is 0.338 e. The SMILES string of the molecule is CCC(C)NC(=O)c1cccc(CNC(=O)c2cc(C(=O)O)co2)c1. The summed E-state index contributed by atoms with van der Waals surface area (Å²) in [7, 11) is 0. The quantitative estimate of drug-likeness (QED) is 0.715. The number of carboxylic acids is 1. The number of benzene rings is 1. The molecule has 0 saturated heterocycles. The van der Waals surface area contributed by atoms with Crippen LogP contribution in [0.15, 0.2) is 41.0 Å². The van der Waals surface area contributed by atoms with Crippen LogP contribution in [-0.4, -0.2) is 28.9 Å². The lowest BCUT2D eigenvalue weighted by Crippen LogP contribution is -2.32. The number of aromatic carboxylic acids is 1. The third-order valence-corrected chi connectivity index (χ3v) is 3.70. The summed E-state index contributed by atoms with van der Waals surface area (Å²) in [6.45, 7) is 4.10. The summed E-state index contributed by atoms with van der Waals surface area (Å²) in [5.41, 5.74) is 1.17. The van der Waals surface area contributed by atoms with Crippen LogP contribution in [0.1, 0.15) is 57.1 Å². The van der Waals surface area contributed by atoms with Gasteiger partial charge in [0.25, 0.3) is 11.8 Å². The van der Waals surface area contributed by atoms with Gasteiger partial charge in [0.15, 0.2) is 5.76 Å². The van der Waals surface area contributed by atoms with Crippen LogP contribution in [0.4, 0.5) is 0 Å². The molecule has 25 heavy (non-hydrogen) atoms. The zero-order chi connectivity index (χ0) is 18.4. The van der Waals surface area contributed by atoms with Crippen LogP contribution in [0.3, 0.4) is 0 Å². The Morgan fingerprint density at radius 2 is 1.92 bits per heavy atom. The molecule has 1 aromatic carbocycles. The topological polar surface area (TPSA) is 109 Å². The monoisotopic (exact) mass is 344 g/mol. The molecule has 2 amide bonds. The zero-order valence-electron chi connectivity index (χ0n) is 14.0. The standard InChI is InChI=1S/C18H20N2O5/c1-3-11(2)20-16(21)13-6-4-5-12(7-13)9-19-17(22)15-8-14(10-25-15)18(23)24/h4-8,10-11H,3,9H2,1-2H3,(H,19,22)(H,20,21)(H,23,24). The van der Waals surface area contributed by atoms with Crippen molar-refractivity contribution >= 4 is 17.8 Å². The normalized spacial score (nSPS) is 11.6. The molecule has 0 aliphatic carbocycles. The highest BCUT2D eigenvalue weighted by Crippen LogP contribution is 2.09. The Kier molecular flexibility index (Phi) is 5.94. The van der Waals surface area contributed by atoms with Gasteiger partial charge in [-0.3, -0.25) is 9.59 Å². The van der Waals surface area contributed by atoms with E-state index in [2.05, 4.69) is 10.6 Å². The average Bonchev–Trinajstić information content (AvgIpc) is 3.10. The van der Waals surface area contributed by atoms with E-state index in [0.29, 0.717) is 5.56 Å². The van der Waals surface area contributed by atoms with Crippen molar-refractivity contribution in [1.29, 1.82) is 0 Å². The molecular formula is C18H20N2O5. The summed E-state index contributed by atoms with van der Waals surface area (Å²) >= 11 is 0. The van der Waals surface area contributed by atoms with Crippen LogP contribution < -0.4 is 10.6 Å². The van der Waals surface area contributed by atoms with Gasteiger partial charge in [-0.2, -0.15) is 0 Å². The summed E-state index contributed by atoms with van der Waals surface area (Å²) in [6.07, 6.45) is 1.85. The minimum Gasteiger partial charge on any atom is -0.478 e. The lowest BCUT2D eigenvalue weighted by molar-refractivity contribution is 0.0695. The Balaban J connectivity index is 1.98. The Hall–Kier alpha value is -3.09. The van der Waals surface area contributed by atoms with Gasteiger partial charge >= 0.3 is 5.97 Å². The average molecular weight is 344 g/mol. The molecule has 0 fully saturated rings. The van der Waals surface area contributed by atoms with Crippen LogP contribution >= 0.6 is 0 Å². The van der Waals surface area contributed by atoms with Gasteiger partial charge in [-0.1, -0.05) is 19.1 Å². The van der Waals surface area contributed by atoms with Crippen molar-refractivity contribution in [3.63, 3.8) is 0 Å². The molecule has 1 unspecified atom stereocenters. The Morgan fingerprint density at radius 3 is 2.56 bits per heavy atom. The molecule has 3 N–H and O–H groups in total. The second-order valence-corrected chi connectivity index (χ2v) is 5.67. The van der Waals surface area contributed by atoms with E-state index in [1.165, 1.54) is 0 Å². The smallest absolute Gasteiger partial charge is 0.338 e. The third kappa shape index (κ3) is 4.94. The predicted octanol–water partition coefficient (Wildman–Crippen LogP) is 2.44. The fourth-order valence-corrected chi connectivity index (χ4v) is 2.07. The van der Waals surface area contributed by atoms with E-state index >= 15 is 0 Å². The highest BCUT2D eigenvalue weighted by molar-refractivity contribution is 5.96. The molecule has 132 valence electrons. The number of hydrogen-bond donors (Lipinski definition) is 3. The van der Waals surface area contributed by atoms with E-state index in [1.807, 2.05) is 13.8 Å². The lowest BCUT2D eigenvalue weighted by Gasteiger charge is -2.12. The van der Waals surface area contributed by atoms with E-state index in [9.17, 15) is 14.4 Å². The first kappa shape index (κ1) is 18.3. The Bertz CT molecular complexity index is 781. The van der Waals surface area contributed by atoms with Crippen LogP contribution in [-0.2, 0) is 6.54 Å². The van der Waals surface area contributed by atoms with Crippen molar-refractivity contribution in [2.45, 2.75) is 32.9 Å². The molecule has 2 rings (SSSR count). The molecule has 1 aromatic heterocycles. The molecule has 1 atom stereocenters. The molecule has 0 spiro atoms. The van der Waals surface area contributed by atoms with Gasteiger partial charge in [0, 0.05) is 24.2 Å². The molecule has 0 saturated carbocycles. The number of nitrogens with one attached hydrogen (secondary N) is 2. The van der Waals surface area contributed by atoms with Gasteiger partial charge < -0.3 is 20.2 Å². The second-order valence-electron chi connectivity index (χ2n) is 5.67. The Labute approximate surface area is 145 Å². The maximum atomic E-state index is 12.1. The first-order chi connectivity index (χ1) is 11.9. The molecule has 0 radical (unpaired) electrons. The number of carbonyl (C=O) groups excluding carboxylic acids is 2. The highest BCUT2D eigenvalue weighted by Gasteiger charge is 2.15. The Morgan fingerprint density at radius 1 is 1.16 bits per heavy atom. The number of carbonyl (C=O) groups is 3. The molecule has 0 bridgehead atoms. The van der Waals surface area contributed by atoms with E-state index in [1.54, 1.807) is 24.3 Å². The fourth-order valence-electron chi connectivity index (χ4n) is 2.07. The van der Waals surface area contributed by atoms with Crippen LogP contribution in [0, 0.1) is 0 Å². The molecule has 0 aliphatic heterocycles. The van der Waals surface area contributed by atoms with Gasteiger partial charge in [-0.15, -0.1) is 0 Å². The summed E-state index contributed by atoms with van der Waals surface area (Å²) in [5.74, 6) is -1.94. The van der Waals surface area contributed by atoms with Gasteiger partial charge in [-0.05, 0) is 31.0 Å². The zero-order valence-corrected chi connectivity index (χ0v) is 14.0. The van der Waals surface area contributed by atoms with E-state index in [0.717, 1.165) is 24.3 Å². The van der Waals surface area contributed by atoms with Crippen molar-refractivity contribution in [3.8, 4) is 0 Å². The molecule has 1 heterocycles. The van der Waals surface area contributed by atoms with Gasteiger partial charge in [-0.25, -0.2) is 4.79 Å². The molecule has 7 heteroatoms. The van der Waals surface area contributed by atoms with Crippen molar-refractivity contribution in [3.05, 3.63) is 59.0 Å². The van der Waals surface area contributed by atoms with Crippen LogP contribution in [0.5, 0.6) is 0 Å². The minimum atomic E-state index is -1.16. The first-order valence-electron chi connectivity index (χ1n) is 7.90. The summed E-state index contributed by atoms with van der Waals surface area (Å²) < 4.78 is 4.94. The second kappa shape index (κ2) is 8.14. The summed E-state index contributed by atoms with van der Waals surface area (Å²) in [4.78, 5) is 34.9. The van der Waals surface area contributed by atoms with E-state index < -0.39 is 11.9 Å². The van der Waals surface area contributed by atoms with Gasteiger partial charge in [0.2, 0.25) is 0 Å².